The molecular weight excluding hydrogens is 410 g/mol. The maximum Gasteiger partial charge on any atom is 0.244 e. The molecule has 0 saturated carbocycles. The van der Waals surface area contributed by atoms with E-state index in [2.05, 4.69) is 4.90 Å². The summed E-state index contributed by atoms with van der Waals surface area (Å²) in [7, 11) is -0.0165. The van der Waals surface area contributed by atoms with Crippen molar-refractivity contribution in [2.75, 3.05) is 40.3 Å². The van der Waals surface area contributed by atoms with E-state index in [1.54, 1.807) is 29.4 Å². The summed E-state index contributed by atoms with van der Waals surface area (Å²) in [5, 5.41) is 0. The van der Waals surface area contributed by atoms with E-state index >= 15 is 0 Å². The lowest BCUT2D eigenvalue weighted by molar-refractivity contribution is -0.135. The second-order valence-corrected chi connectivity index (χ2v) is 10.6. The molecule has 0 N–H and O–H groups in total. The second-order valence-electron chi connectivity index (χ2n) is 8.62. The lowest BCUT2D eigenvalue weighted by atomic mass is 9.92. The summed E-state index contributed by atoms with van der Waals surface area (Å²) in [6.45, 7) is 1.79. The maximum absolute atomic E-state index is 13.3. The predicted octanol–water partition coefficient (Wildman–Crippen LogP) is 2.70. The summed E-state index contributed by atoms with van der Waals surface area (Å²) in [6, 6.07) is 14.9. The summed E-state index contributed by atoms with van der Waals surface area (Å²) in [5.41, 5.74) is 3.39. The molecule has 2 aliphatic rings. The average Bonchev–Trinajstić information content (AvgIpc) is 2.80. The molecule has 0 bridgehead atoms. The molecule has 1 saturated heterocycles. The highest BCUT2D eigenvalue weighted by Gasteiger charge is 2.35. The number of piperazine rings is 1. The van der Waals surface area contributed by atoms with E-state index in [9.17, 15) is 13.2 Å². The Bertz CT molecular complexity index is 1030. The van der Waals surface area contributed by atoms with Crippen LogP contribution in [0.25, 0.3) is 0 Å². The first kappa shape index (κ1) is 22.0. The number of benzene rings is 2. The van der Waals surface area contributed by atoms with Gasteiger partial charge < -0.3 is 4.90 Å². The third kappa shape index (κ3) is 4.54. The summed E-state index contributed by atoms with van der Waals surface area (Å²) < 4.78 is 28.2. The Hall–Kier alpha value is -2.22. The van der Waals surface area contributed by atoms with Gasteiger partial charge in [-0.3, -0.25) is 9.69 Å². The normalized spacial score (nSPS) is 18.9. The van der Waals surface area contributed by atoms with Gasteiger partial charge in [0.05, 0.1) is 4.90 Å². The molecule has 1 aliphatic heterocycles. The lowest BCUT2D eigenvalue weighted by Crippen LogP contribution is -2.52. The lowest BCUT2D eigenvalue weighted by Gasteiger charge is -2.39. The molecule has 6 nitrogen and oxygen atoms in total. The van der Waals surface area contributed by atoms with Crippen LogP contribution >= 0.6 is 0 Å². The molecule has 0 spiro atoms. The quantitative estimate of drug-likeness (QED) is 0.716. The third-order valence-electron chi connectivity index (χ3n) is 6.39. The van der Waals surface area contributed by atoms with Crippen LogP contribution in [0.1, 0.15) is 35.6 Å². The van der Waals surface area contributed by atoms with Gasteiger partial charge in [-0.25, -0.2) is 8.42 Å². The van der Waals surface area contributed by atoms with Gasteiger partial charge in [-0.1, -0.05) is 36.4 Å². The number of aryl methyl sites for hydroxylation is 2. The molecule has 0 radical (unpaired) electrons. The van der Waals surface area contributed by atoms with Gasteiger partial charge >= 0.3 is 0 Å². The first-order valence-electron chi connectivity index (χ1n) is 11.0. The number of amides is 1. The molecule has 31 heavy (non-hydrogen) atoms. The Labute approximate surface area is 185 Å². The van der Waals surface area contributed by atoms with Gasteiger partial charge in [-0.05, 0) is 54.5 Å². The van der Waals surface area contributed by atoms with Crippen LogP contribution in [0.5, 0.6) is 0 Å². The van der Waals surface area contributed by atoms with E-state index in [-0.39, 0.29) is 5.91 Å². The molecule has 2 aromatic rings. The number of rotatable bonds is 5. The molecule has 1 fully saturated rings. The molecule has 166 valence electrons. The van der Waals surface area contributed by atoms with Crippen LogP contribution in [0.15, 0.2) is 53.4 Å². The van der Waals surface area contributed by atoms with Crippen molar-refractivity contribution in [3.63, 3.8) is 0 Å². The van der Waals surface area contributed by atoms with Crippen molar-refractivity contribution in [1.29, 1.82) is 0 Å². The Morgan fingerprint density at radius 2 is 1.55 bits per heavy atom. The highest BCUT2D eigenvalue weighted by molar-refractivity contribution is 7.89. The number of hydrogen-bond donors (Lipinski definition) is 0. The second kappa shape index (κ2) is 9.10. The number of hydrogen-bond acceptors (Lipinski definition) is 4. The Balaban J connectivity index is 1.51. The zero-order valence-electron chi connectivity index (χ0n) is 18.3. The summed E-state index contributed by atoms with van der Waals surface area (Å²) in [6.07, 6.45) is 4.29. The van der Waals surface area contributed by atoms with Gasteiger partial charge in [0.15, 0.2) is 0 Å². The predicted molar refractivity (Wildman–Crippen MR) is 121 cm³/mol. The smallest absolute Gasteiger partial charge is 0.244 e. The number of sulfonamides is 1. The fourth-order valence-electron chi connectivity index (χ4n) is 4.61. The van der Waals surface area contributed by atoms with Gasteiger partial charge in [0, 0.05) is 40.3 Å². The Morgan fingerprint density at radius 1 is 0.903 bits per heavy atom. The minimum absolute atomic E-state index is 0.0113. The van der Waals surface area contributed by atoms with Crippen LogP contribution in [0.4, 0.5) is 0 Å². The molecule has 1 aliphatic carbocycles. The van der Waals surface area contributed by atoms with E-state index in [0.717, 1.165) is 24.8 Å². The van der Waals surface area contributed by atoms with Crippen molar-refractivity contribution >= 4 is 15.9 Å². The minimum atomic E-state index is -3.53. The number of carbonyl (C=O) groups excluding carboxylic acids is 1. The molecule has 1 heterocycles. The van der Waals surface area contributed by atoms with E-state index in [4.69, 9.17) is 0 Å². The highest BCUT2D eigenvalue weighted by Crippen LogP contribution is 2.28. The Kier molecular flexibility index (Phi) is 6.46. The van der Waals surface area contributed by atoms with E-state index in [0.29, 0.717) is 31.1 Å². The van der Waals surface area contributed by atoms with Crippen molar-refractivity contribution in [1.82, 2.24) is 14.1 Å². The Morgan fingerprint density at radius 3 is 2.19 bits per heavy atom. The molecule has 1 unspecified atom stereocenters. The summed E-state index contributed by atoms with van der Waals surface area (Å²) in [4.78, 5) is 17.0. The maximum atomic E-state index is 13.3. The summed E-state index contributed by atoms with van der Waals surface area (Å²) >= 11 is 0. The van der Waals surface area contributed by atoms with Gasteiger partial charge in [-0.2, -0.15) is 4.31 Å². The first-order chi connectivity index (χ1) is 14.9. The number of nitrogens with zero attached hydrogens (tertiary/aromatic N) is 3. The highest BCUT2D eigenvalue weighted by atomic mass is 32.2. The standard InChI is InChI=1S/C24H31N3O3S/c1-25(2)24(28)23(20-9-4-3-5-10-20)26-14-16-27(17-15-26)31(29,30)22-13-12-19-8-6-7-11-21(19)18-22/h3-5,9-10,12-13,18,23H,6-8,11,14-17H2,1-2H3. The molecule has 2 aromatic carbocycles. The van der Waals surface area contributed by atoms with Crippen molar-refractivity contribution in [2.45, 2.75) is 36.6 Å². The van der Waals surface area contributed by atoms with Crippen LogP contribution in [0, 0.1) is 0 Å². The minimum Gasteiger partial charge on any atom is -0.347 e. The van der Waals surface area contributed by atoms with Gasteiger partial charge in [0.2, 0.25) is 15.9 Å². The molecule has 4 rings (SSSR count). The van der Waals surface area contributed by atoms with Gasteiger partial charge in [-0.15, -0.1) is 0 Å². The van der Waals surface area contributed by atoms with Crippen LogP contribution in [-0.4, -0.2) is 68.7 Å². The van der Waals surface area contributed by atoms with Crippen LogP contribution in [0.2, 0.25) is 0 Å². The zero-order chi connectivity index (χ0) is 22.0. The van der Waals surface area contributed by atoms with Crippen molar-refractivity contribution < 1.29 is 13.2 Å². The van der Waals surface area contributed by atoms with E-state index in [1.165, 1.54) is 17.5 Å². The topological polar surface area (TPSA) is 60.9 Å². The zero-order valence-corrected chi connectivity index (χ0v) is 19.1. The van der Waals surface area contributed by atoms with E-state index in [1.807, 2.05) is 42.5 Å². The fraction of sp³-hybridized carbons (Fsp3) is 0.458. The molecule has 1 amide bonds. The van der Waals surface area contributed by atoms with Crippen molar-refractivity contribution in [2.24, 2.45) is 0 Å². The molecular formula is C24H31N3O3S. The van der Waals surface area contributed by atoms with Crippen molar-refractivity contribution in [3.05, 3.63) is 65.2 Å². The largest absolute Gasteiger partial charge is 0.347 e. The van der Waals surface area contributed by atoms with Crippen LogP contribution < -0.4 is 0 Å². The molecule has 7 heteroatoms. The number of fused-ring (bicyclic) bond motifs is 1. The van der Waals surface area contributed by atoms with E-state index < -0.39 is 16.1 Å². The van der Waals surface area contributed by atoms with Crippen LogP contribution in [-0.2, 0) is 27.7 Å². The monoisotopic (exact) mass is 441 g/mol. The SMILES string of the molecule is CN(C)C(=O)C(c1ccccc1)N1CCN(S(=O)(=O)c2ccc3c(c2)CCCC3)CC1. The van der Waals surface area contributed by atoms with Crippen molar-refractivity contribution in [3.8, 4) is 0 Å². The third-order valence-corrected chi connectivity index (χ3v) is 8.28. The number of carbonyl (C=O) groups is 1. The summed E-state index contributed by atoms with van der Waals surface area (Å²) in [5.74, 6) is 0.0113. The number of likely N-dealkylation sites (N-methyl/N-ethyl adjacent to an activating group) is 1. The van der Waals surface area contributed by atoms with Gasteiger partial charge in [0.25, 0.3) is 0 Å². The fourth-order valence-corrected chi connectivity index (χ4v) is 6.08. The van der Waals surface area contributed by atoms with Crippen LogP contribution in [0.3, 0.4) is 0 Å². The average molecular weight is 442 g/mol. The molecule has 0 aromatic heterocycles. The van der Waals surface area contributed by atoms with Gasteiger partial charge in [0.1, 0.15) is 6.04 Å². The molecule has 1 atom stereocenters. The first-order valence-corrected chi connectivity index (χ1v) is 12.4.